The molecule has 4 rings (SSSR count). The van der Waals surface area contributed by atoms with Crippen LogP contribution in [-0.4, -0.2) is 38.8 Å². The third-order valence-electron chi connectivity index (χ3n) is 4.27. The van der Waals surface area contributed by atoms with Crippen molar-refractivity contribution < 1.29 is 14.6 Å². The SMILES string of the molecule is O=C(O)N1/C=C/Oc2ccc3ncnc(c3c2)\N=c2/cccc/c2=C\C=C\N=C/C1. The third kappa shape index (κ3) is 4.39. The van der Waals surface area contributed by atoms with E-state index in [0.717, 1.165) is 26.4 Å². The third-order valence-corrected chi connectivity index (χ3v) is 4.27. The molecule has 0 atom stereocenters. The smallest absolute Gasteiger partial charge is 0.411 e. The molecule has 1 aliphatic heterocycles. The molecular weight excluding hydrogens is 382 g/mol. The van der Waals surface area contributed by atoms with Gasteiger partial charge in [0.15, 0.2) is 5.82 Å². The molecule has 2 aromatic carbocycles. The van der Waals surface area contributed by atoms with E-state index in [-0.39, 0.29) is 6.54 Å². The zero-order chi connectivity index (χ0) is 20.8. The van der Waals surface area contributed by atoms with Crippen molar-refractivity contribution in [1.29, 1.82) is 0 Å². The second kappa shape index (κ2) is 8.78. The largest absolute Gasteiger partial charge is 0.465 e. The number of benzene rings is 2. The van der Waals surface area contributed by atoms with E-state index in [2.05, 4.69) is 15.0 Å². The molecule has 0 saturated heterocycles. The summed E-state index contributed by atoms with van der Waals surface area (Å²) in [6.07, 6.45) is 9.71. The molecule has 0 unspecified atom stereocenters. The Balaban J connectivity index is 1.90. The molecular formula is C22H17N5O3. The quantitative estimate of drug-likeness (QED) is 0.627. The van der Waals surface area contributed by atoms with E-state index >= 15 is 0 Å². The van der Waals surface area contributed by atoms with Gasteiger partial charge in [-0.05, 0) is 30.3 Å². The maximum absolute atomic E-state index is 11.4. The molecule has 0 aliphatic carbocycles. The first-order valence-corrected chi connectivity index (χ1v) is 9.11. The zero-order valence-electron chi connectivity index (χ0n) is 15.8. The minimum absolute atomic E-state index is 0.0845. The van der Waals surface area contributed by atoms with Gasteiger partial charge in [0, 0.05) is 29.2 Å². The molecule has 148 valence electrons. The number of carbonyl (C=O) groups is 1. The zero-order valence-corrected chi connectivity index (χ0v) is 15.8. The van der Waals surface area contributed by atoms with Gasteiger partial charge in [-0.2, -0.15) is 0 Å². The molecule has 2 heterocycles. The molecule has 8 heteroatoms. The Bertz CT molecular complexity index is 1300. The van der Waals surface area contributed by atoms with Crippen LogP contribution in [-0.2, 0) is 0 Å². The number of hydrogen-bond acceptors (Lipinski definition) is 6. The highest BCUT2D eigenvalue weighted by atomic mass is 16.5. The number of fused-ring (bicyclic) bond motifs is 2. The van der Waals surface area contributed by atoms with Gasteiger partial charge in [0.2, 0.25) is 0 Å². The molecule has 1 amide bonds. The Morgan fingerprint density at radius 3 is 2.93 bits per heavy atom. The Kier molecular flexibility index (Phi) is 5.56. The predicted molar refractivity (Wildman–Crippen MR) is 113 cm³/mol. The Morgan fingerprint density at radius 1 is 1.13 bits per heavy atom. The lowest BCUT2D eigenvalue weighted by atomic mass is 10.2. The van der Waals surface area contributed by atoms with Crippen molar-refractivity contribution in [2.75, 3.05) is 6.54 Å². The maximum Gasteiger partial charge on any atom is 0.411 e. The Morgan fingerprint density at radius 2 is 2.03 bits per heavy atom. The first-order chi connectivity index (χ1) is 14.7. The highest BCUT2D eigenvalue weighted by molar-refractivity contribution is 5.88. The summed E-state index contributed by atoms with van der Waals surface area (Å²) >= 11 is 0. The lowest BCUT2D eigenvalue weighted by Gasteiger charge is -2.11. The fourth-order valence-electron chi connectivity index (χ4n) is 2.81. The highest BCUT2D eigenvalue weighted by Crippen LogP contribution is 2.26. The standard InChI is InChI=1S/C22H17N5O3/c28-22(29)27-11-10-23-9-3-5-16-4-1-2-6-19(16)26-21-18-14-17(30-13-12-27)7-8-20(18)24-15-25-21/h1-10,12-15H,11H2,(H,28,29)/b9-3+,13-12+,16-5+,23-10-,26-19+. The number of allylic oxidation sites excluding steroid dienone is 1. The van der Waals surface area contributed by atoms with E-state index in [1.54, 1.807) is 30.5 Å². The number of amides is 1. The average molecular weight is 399 g/mol. The molecule has 0 spiro atoms. The van der Waals surface area contributed by atoms with E-state index in [0.29, 0.717) is 11.6 Å². The Labute approximate surface area is 171 Å². The topological polar surface area (TPSA) is 100 Å². The fourth-order valence-corrected chi connectivity index (χ4v) is 2.81. The second-order valence-corrected chi connectivity index (χ2v) is 6.22. The van der Waals surface area contributed by atoms with E-state index in [9.17, 15) is 9.90 Å². The number of aliphatic imine (C=N–C) groups is 1. The van der Waals surface area contributed by atoms with E-state index in [4.69, 9.17) is 9.73 Å². The molecule has 1 aliphatic rings. The molecule has 2 bridgehead atoms. The minimum atomic E-state index is -1.11. The van der Waals surface area contributed by atoms with Crippen molar-refractivity contribution in [2.45, 2.75) is 0 Å². The van der Waals surface area contributed by atoms with Crippen molar-refractivity contribution in [3.8, 4) is 5.75 Å². The number of hydrogen-bond donors (Lipinski definition) is 1. The van der Waals surface area contributed by atoms with Crippen molar-refractivity contribution in [1.82, 2.24) is 14.9 Å². The summed E-state index contributed by atoms with van der Waals surface area (Å²) in [5, 5.41) is 11.7. The van der Waals surface area contributed by atoms with Crippen molar-refractivity contribution in [3.05, 3.63) is 84.1 Å². The van der Waals surface area contributed by atoms with Gasteiger partial charge in [-0.3, -0.25) is 9.89 Å². The summed E-state index contributed by atoms with van der Waals surface area (Å²) in [5.41, 5.74) is 0.722. The van der Waals surface area contributed by atoms with Gasteiger partial charge in [-0.25, -0.2) is 19.8 Å². The lowest BCUT2D eigenvalue weighted by Crippen LogP contribution is -2.25. The molecule has 0 saturated carbocycles. The molecule has 1 aromatic heterocycles. The van der Waals surface area contributed by atoms with Crippen LogP contribution in [0.1, 0.15) is 0 Å². The first kappa shape index (κ1) is 19.0. The molecule has 0 fully saturated rings. The highest BCUT2D eigenvalue weighted by Gasteiger charge is 2.07. The Hall–Kier alpha value is -4.33. The minimum Gasteiger partial charge on any atom is -0.465 e. The van der Waals surface area contributed by atoms with Crippen molar-refractivity contribution >= 4 is 35.1 Å². The number of nitrogens with zero attached hydrogens (tertiary/aromatic N) is 5. The normalized spacial score (nSPS) is 19.3. The fraction of sp³-hybridized carbons (Fsp3) is 0.0455. The molecule has 3 aromatic rings. The van der Waals surface area contributed by atoms with Crippen LogP contribution in [0.2, 0.25) is 0 Å². The number of aromatic nitrogens is 2. The summed E-state index contributed by atoms with van der Waals surface area (Å²) in [6.45, 7) is 0.0845. The summed E-state index contributed by atoms with van der Waals surface area (Å²) in [4.78, 5) is 29.9. The summed E-state index contributed by atoms with van der Waals surface area (Å²) < 4.78 is 5.59. The number of rotatable bonds is 0. The lowest BCUT2D eigenvalue weighted by molar-refractivity contribution is 0.167. The van der Waals surface area contributed by atoms with Crippen molar-refractivity contribution in [3.63, 3.8) is 0 Å². The van der Waals surface area contributed by atoms with Crippen LogP contribution in [0.15, 0.2) is 83.5 Å². The van der Waals surface area contributed by atoms with Gasteiger partial charge < -0.3 is 9.84 Å². The maximum atomic E-state index is 11.4. The summed E-state index contributed by atoms with van der Waals surface area (Å²) in [5.74, 6) is 1.02. The van der Waals surface area contributed by atoms with E-state index in [1.807, 2.05) is 30.3 Å². The molecule has 30 heavy (non-hydrogen) atoms. The summed E-state index contributed by atoms with van der Waals surface area (Å²) in [7, 11) is 0. The monoisotopic (exact) mass is 399 g/mol. The summed E-state index contributed by atoms with van der Waals surface area (Å²) in [6, 6.07) is 13.0. The first-order valence-electron chi connectivity index (χ1n) is 9.11. The van der Waals surface area contributed by atoms with Crippen LogP contribution in [0.25, 0.3) is 17.0 Å². The van der Waals surface area contributed by atoms with Crippen LogP contribution < -0.4 is 15.3 Å². The van der Waals surface area contributed by atoms with Crippen LogP contribution in [0.5, 0.6) is 5.75 Å². The van der Waals surface area contributed by atoms with Gasteiger partial charge in [0.25, 0.3) is 0 Å². The molecule has 0 radical (unpaired) electrons. The van der Waals surface area contributed by atoms with Gasteiger partial charge in [-0.15, -0.1) is 0 Å². The van der Waals surface area contributed by atoms with Gasteiger partial charge in [-0.1, -0.05) is 24.3 Å². The van der Waals surface area contributed by atoms with Gasteiger partial charge in [0.1, 0.15) is 18.3 Å². The van der Waals surface area contributed by atoms with Gasteiger partial charge in [0.05, 0.1) is 17.4 Å². The van der Waals surface area contributed by atoms with Crippen LogP contribution in [0.3, 0.4) is 0 Å². The number of ether oxygens (including phenoxy) is 1. The average Bonchev–Trinajstić information content (AvgIpc) is 2.75. The predicted octanol–water partition coefficient (Wildman–Crippen LogP) is 2.79. The van der Waals surface area contributed by atoms with Gasteiger partial charge >= 0.3 is 6.09 Å². The van der Waals surface area contributed by atoms with Crippen LogP contribution in [0.4, 0.5) is 10.6 Å². The number of para-hydroxylation sites is 1. The van der Waals surface area contributed by atoms with E-state index < -0.39 is 6.09 Å². The van der Waals surface area contributed by atoms with Crippen molar-refractivity contribution in [2.24, 2.45) is 9.98 Å². The molecule has 8 nitrogen and oxygen atoms in total. The number of carboxylic acid groups (broad SMARTS) is 1. The van der Waals surface area contributed by atoms with Crippen LogP contribution in [0, 0.1) is 0 Å². The molecule has 1 N–H and O–H groups in total. The van der Waals surface area contributed by atoms with E-state index in [1.165, 1.54) is 25.0 Å². The van der Waals surface area contributed by atoms with Crippen LogP contribution >= 0.6 is 0 Å². The second-order valence-electron chi connectivity index (χ2n) is 6.22.